The Morgan fingerprint density at radius 3 is 2.71 bits per heavy atom. The largest absolute Gasteiger partial charge is 0.493 e. The highest BCUT2D eigenvalue weighted by atomic mass is 16.7. The van der Waals surface area contributed by atoms with E-state index in [2.05, 4.69) is 25.8 Å². The summed E-state index contributed by atoms with van der Waals surface area (Å²) in [5.74, 6) is 3.72. The topological polar surface area (TPSA) is 99.7 Å². The molecule has 2 aromatic carbocycles. The maximum atomic E-state index is 5.37. The Bertz CT molecular complexity index is 982. The number of ether oxygens (including phenoxy) is 4. The minimum absolute atomic E-state index is 0.229. The first-order chi connectivity index (χ1) is 13.7. The van der Waals surface area contributed by atoms with Crippen molar-refractivity contribution in [3.05, 3.63) is 48.2 Å². The third-order valence-corrected chi connectivity index (χ3v) is 4.11. The summed E-state index contributed by atoms with van der Waals surface area (Å²) in [6, 6.07) is 11.2. The van der Waals surface area contributed by atoms with E-state index in [0.29, 0.717) is 35.6 Å². The van der Waals surface area contributed by atoms with Gasteiger partial charge >= 0.3 is 0 Å². The van der Waals surface area contributed by atoms with Gasteiger partial charge in [-0.1, -0.05) is 6.07 Å². The van der Waals surface area contributed by atoms with E-state index >= 15 is 0 Å². The number of benzene rings is 2. The Morgan fingerprint density at radius 1 is 1.00 bits per heavy atom. The molecule has 2 N–H and O–H groups in total. The molecule has 144 valence electrons. The van der Waals surface area contributed by atoms with E-state index < -0.39 is 0 Å². The standard InChI is InChI=1S/C19H19N5O4/c1-25-14-5-3-12(7-16(14)26-2)9-20-18-10-21-24-19(23-18)22-13-4-6-15-17(8-13)28-11-27-15/h3-8,10H,9,11H2,1-2H3,(H2,20,22,23,24). The van der Waals surface area contributed by atoms with Crippen LogP contribution >= 0.6 is 0 Å². The van der Waals surface area contributed by atoms with Crippen LogP contribution in [0.3, 0.4) is 0 Å². The highest BCUT2D eigenvalue weighted by Gasteiger charge is 2.13. The van der Waals surface area contributed by atoms with Gasteiger partial charge in [-0.05, 0) is 29.8 Å². The fourth-order valence-electron chi connectivity index (χ4n) is 2.73. The summed E-state index contributed by atoms with van der Waals surface area (Å²) >= 11 is 0. The summed E-state index contributed by atoms with van der Waals surface area (Å²) in [6.45, 7) is 0.773. The normalized spacial score (nSPS) is 11.8. The number of nitrogens with one attached hydrogen (secondary N) is 2. The number of hydrogen-bond donors (Lipinski definition) is 2. The predicted octanol–water partition coefficient (Wildman–Crippen LogP) is 2.97. The van der Waals surface area contributed by atoms with Gasteiger partial charge < -0.3 is 29.6 Å². The summed E-state index contributed by atoms with van der Waals surface area (Å²) in [5, 5.41) is 14.3. The van der Waals surface area contributed by atoms with Gasteiger partial charge in [0.25, 0.3) is 0 Å². The van der Waals surface area contributed by atoms with Crippen molar-refractivity contribution < 1.29 is 18.9 Å². The predicted molar refractivity (Wildman–Crippen MR) is 103 cm³/mol. The molecule has 3 aromatic rings. The van der Waals surface area contributed by atoms with Crippen LogP contribution in [0.25, 0.3) is 0 Å². The van der Waals surface area contributed by atoms with Gasteiger partial charge in [-0.15, -0.1) is 5.10 Å². The Kier molecular flexibility index (Phi) is 4.96. The second kappa shape index (κ2) is 7.87. The van der Waals surface area contributed by atoms with Crippen LogP contribution in [0.5, 0.6) is 23.0 Å². The SMILES string of the molecule is COc1ccc(CNc2cnnc(Nc3ccc4c(c3)OCO4)n2)cc1OC. The monoisotopic (exact) mass is 381 g/mol. The van der Waals surface area contributed by atoms with Crippen LogP contribution in [0.15, 0.2) is 42.6 Å². The summed E-state index contributed by atoms with van der Waals surface area (Å²) in [7, 11) is 3.22. The molecule has 4 rings (SSSR count). The average molecular weight is 381 g/mol. The van der Waals surface area contributed by atoms with Gasteiger partial charge in [0.15, 0.2) is 28.8 Å². The lowest BCUT2D eigenvalue weighted by Gasteiger charge is -2.11. The lowest BCUT2D eigenvalue weighted by atomic mass is 10.2. The smallest absolute Gasteiger partial charge is 0.249 e. The first-order valence-corrected chi connectivity index (χ1v) is 8.56. The van der Waals surface area contributed by atoms with Crippen LogP contribution in [-0.4, -0.2) is 36.2 Å². The molecule has 0 radical (unpaired) electrons. The number of fused-ring (bicyclic) bond motifs is 1. The second-order valence-corrected chi connectivity index (χ2v) is 5.90. The van der Waals surface area contributed by atoms with E-state index in [-0.39, 0.29) is 6.79 Å². The molecule has 2 heterocycles. The lowest BCUT2D eigenvalue weighted by Crippen LogP contribution is -2.06. The molecule has 0 unspecified atom stereocenters. The van der Waals surface area contributed by atoms with Gasteiger partial charge in [-0.3, -0.25) is 0 Å². The van der Waals surface area contributed by atoms with Crippen molar-refractivity contribution in [2.45, 2.75) is 6.54 Å². The molecule has 1 aliphatic heterocycles. The third kappa shape index (κ3) is 3.83. The highest BCUT2D eigenvalue weighted by molar-refractivity contribution is 5.60. The van der Waals surface area contributed by atoms with Crippen LogP contribution in [0.1, 0.15) is 5.56 Å². The molecule has 1 aromatic heterocycles. The number of methoxy groups -OCH3 is 2. The lowest BCUT2D eigenvalue weighted by molar-refractivity contribution is 0.174. The van der Waals surface area contributed by atoms with E-state index in [9.17, 15) is 0 Å². The molecular formula is C19H19N5O4. The van der Waals surface area contributed by atoms with Gasteiger partial charge in [0.05, 0.1) is 20.4 Å². The van der Waals surface area contributed by atoms with Crippen LogP contribution in [0.2, 0.25) is 0 Å². The van der Waals surface area contributed by atoms with Crippen molar-refractivity contribution in [2.24, 2.45) is 0 Å². The zero-order valence-corrected chi connectivity index (χ0v) is 15.4. The maximum absolute atomic E-state index is 5.37. The van der Waals surface area contributed by atoms with Crippen molar-refractivity contribution in [2.75, 3.05) is 31.6 Å². The number of aromatic nitrogens is 3. The van der Waals surface area contributed by atoms with Crippen molar-refractivity contribution in [3.63, 3.8) is 0 Å². The molecule has 0 atom stereocenters. The molecule has 0 fully saturated rings. The molecule has 0 saturated heterocycles. The number of anilines is 3. The molecule has 0 saturated carbocycles. The molecular weight excluding hydrogens is 362 g/mol. The number of hydrogen-bond acceptors (Lipinski definition) is 9. The van der Waals surface area contributed by atoms with Gasteiger partial charge in [0.1, 0.15) is 0 Å². The summed E-state index contributed by atoms with van der Waals surface area (Å²) < 4.78 is 21.3. The van der Waals surface area contributed by atoms with E-state index in [1.165, 1.54) is 0 Å². The Balaban J connectivity index is 1.42. The molecule has 0 amide bonds. The number of nitrogens with zero attached hydrogens (tertiary/aromatic N) is 3. The van der Waals surface area contributed by atoms with Gasteiger partial charge in [-0.25, -0.2) is 0 Å². The first-order valence-electron chi connectivity index (χ1n) is 8.56. The zero-order chi connectivity index (χ0) is 19.3. The summed E-state index contributed by atoms with van der Waals surface area (Å²) in [4.78, 5) is 4.43. The van der Waals surface area contributed by atoms with E-state index in [1.54, 1.807) is 20.4 Å². The van der Waals surface area contributed by atoms with Crippen molar-refractivity contribution in [1.82, 2.24) is 15.2 Å². The summed E-state index contributed by atoms with van der Waals surface area (Å²) in [5.41, 5.74) is 1.80. The Hall–Kier alpha value is -3.75. The molecule has 9 heteroatoms. The van der Waals surface area contributed by atoms with Crippen LogP contribution in [-0.2, 0) is 6.54 Å². The van der Waals surface area contributed by atoms with Crippen molar-refractivity contribution in [1.29, 1.82) is 0 Å². The zero-order valence-electron chi connectivity index (χ0n) is 15.4. The third-order valence-electron chi connectivity index (χ3n) is 4.11. The fraction of sp³-hybridized carbons (Fsp3) is 0.211. The summed E-state index contributed by atoms with van der Waals surface area (Å²) in [6.07, 6.45) is 1.56. The van der Waals surface area contributed by atoms with E-state index in [1.807, 2.05) is 36.4 Å². The molecule has 1 aliphatic rings. The Morgan fingerprint density at radius 2 is 1.86 bits per heavy atom. The Labute approximate surface area is 161 Å². The first kappa shape index (κ1) is 17.7. The van der Waals surface area contributed by atoms with Crippen LogP contribution in [0, 0.1) is 0 Å². The molecule has 0 aliphatic carbocycles. The molecule has 0 spiro atoms. The van der Waals surface area contributed by atoms with Crippen LogP contribution < -0.4 is 29.6 Å². The number of rotatable bonds is 7. The van der Waals surface area contributed by atoms with Crippen LogP contribution in [0.4, 0.5) is 17.5 Å². The molecule has 9 nitrogen and oxygen atoms in total. The average Bonchev–Trinajstić information content (AvgIpc) is 3.20. The van der Waals surface area contributed by atoms with Gasteiger partial charge in [-0.2, -0.15) is 10.1 Å². The minimum atomic E-state index is 0.229. The highest BCUT2D eigenvalue weighted by Crippen LogP contribution is 2.34. The second-order valence-electron chi connectivity index (χ2n) is 5.90. The van der Waals surface area contributed by atoms with Crippen molar-refractivity contribution in [3.8, 4) is 23.0 Å². The maximum Gasteiger partial charge on any atom is 0.249 e. The molecule has 28 heavy (non-hydrogen) atoms. The van der Waals surface area contributed by atoms with Gasteiger partial charge in [0, 0.05) is 18.3 Å². The molecule has 0 bridgehead atoms. The fourth-order valence-corrected chi connectivity index (χ4v) is 2.73. The minimum Gasteiger partial charge on any atom is -0.493 e. The van der Waals surface area contributed by atoms with Gasteiger partial charge in [0.2, 0.25) is 12.7 Å². The quantitative estimate of drug-likeness (QED) is 0.640. The van der Waals surface area contributed by atoms with E-state index in [0.717, 1.165) is 17.0 Å². The van der Waals surface area contributed by atoms with Crippen molar-refractivity contribution >= 4 is 17.5 Å². The van der Waals surface area contributed by atoms with E-state index in [4.69, 9.17) is 18.9 Å².